The number of ether oxygens (including phenoxy) is 2. The molecule has 0 aromatic rings. The molecule has 4 fully saturated rings. The number of hydrogen-bond acceptors (Lipinski definition) is 8. The Labute approximate surface area is 252 Å². The van der Waals surface area contributed by atoms with Crippen LogP contribution in [-0.4, -0.2) is 81.4 Å². The van der Waals surface area contributed by atoms with Gasteiger partial charge in [0, 0.05) is 12.6 Å². The zero-order valence-corrected chi connectivity index (χ0v) is 26.4. The molecular formula is C33H57NO6S. The molecule has 13 atom stereocenters. The first kappa shape index (κ1) is 32.2. The molecule has 4 aliphatic carbocycles. The standard InChI is InChI=1S/C33H57NO6S/c1-20(34)24-10-11-25-23-9-8-21-18-22(12-14-32(21,2)26(23)13-15-33(24,25)3)39-16-6-4-5-7-17-41-31-30(38)29(37)28(36)27(19-35)40-31/h8,20,22-31,35-38H,4-7,9-19,34H2,1-3H3/t20-,22+,23?,24-,25?,26?,27-,28-,29+,30+,31+,32+,33-/m1/s1. The van der Waals surface area contributed by atoms with Crippen molar-refractivity contribution in [3.8, 4) is 0 Å². The molecule has 6 N–H and O–H groups in total. The molecular weight excluding hydrogens is 538 g/mol. The zero-order valence-electron chi connectivity index (χ0n) is 25.6. The quantitative estimate of drug-likeness (QED) is 0.176. The van der Waals surface area contributed by atoms with Crippen LogP contribution in [0.3, 0.4) is 0 Å². The SMILES string of the molecule is C[C@@H](N)[C@H]1CCC2C3CC=C4C[C@@H](OCCCCCCS[C@@H]5O[C@H](CO)[C@@H](O)[C@H](O)[C@@H]5O)CC[C@]4(C)C3CC[C@@]21C. The number of fused-ring (bicyclic) bond motifs is 5. The molecule has 3 unspecified atom stereocenters. The summed E-state index contributed by atoms with van der Waals surface area (Å²) in [6.07, 6.45) is 12.9. The van der Waals surface area contributed by atoms with Gasteiger partial charge in [0.2, 0.25) is 0 Å². The Bertz CT molecular complexity index is 901. The van der Waals surface area contributed by atoms with Crippen molar-refractivity contribution >= 4 is 11.8 Å². The number of aliphatic hydroxyl groups excluding tert-OH is 4. The minimum absolute atomic E-state index is 0.315. The van der Waals surface area contributed by atoms with Crippen LogP contribution in [0.1, 0.15) is 97.8 Å². The smallest absolute Gasteiger partial charge is 0.132 e. The molecule has 8 heteroatoms. The Morgan fingerprint density at radius 3 is 2.54 bits per heavy atom. The van der Waals surface area contributed by atoms with Crippen LogP contribution in [0, 0.1) is 34.5 Å². The number of rotatable bonds is 11. The maximum Gasteiger partial charge on any atom is 0.132 e. The highest BCUT2D eigenvalue weighted by Crippen LogP contribution is 2.66. The highest BCUT2D eigenvalue weighted by Gasteiger charge is 2.59. The van der Waals surface area contributed by atoms with Crippen molar-refractivity contribution in [2.45, 2.75) is 140 Å². The monoisotopic (exact) mass is 595 g/mol. The number of hydrogen-bond donors (Lipinski definition) is 5. The summed E-state index contributed by atoms with van der Waals surface area (Å²) in [6, 6.07) is 0.315. The van der Waals surface area contributed by atoms with Crippen LogP contribution in [-0.2, 0) is 9.47 Å². The molecule has 5 aliphatic rings. The summed E-state index contributed by atoms with van der Waals surface area (Å²) < 4.78 is 12.0. The molecule has 236 valence electrons. The summed E-state index contributed by atoms with van der Waals surface area (Å²) in [7, 11) is 0. The minimum Gasteiger partial charge on any atom is -0.394 e. The average molecular weight is 596 g/mol. The number of nitrogens with two attached hydrogens (primary N) is 1. The Morgan fingerprint density at radius 1 is 1.00 bits per heavy atom. The molecule has 0 aromatic carbocycles. The van der Waals surface area contributed by atoms with Crippen LogP contribution in [0.25, 0.3) is 0 Å². The van der Waals surface area contributed by atoms with E-state index in [4.69, 9.17) is 15.2 Å². The fourth-order valence-corrected chi connectivity index (χ4v) is 11.1. The van der Waals surface area contributed by atoms with Gasteiger partial charge in [0.15, 0.2) is 0 Å². The Balaban J connectivity index is 1.01. The molecule has 7 nitrogen and oxygen atoms in total. The van der Waals surface area contributed by atoms with Crippen LogP contribution in [0.4, 0.5) is 0 Å². The van der Waals surface area contributed by atoms with Crippen molar-refractivity contribution < 1.29 is 29.9 Å². The molecule has 0 radical (unpaired) electrons. The van der Waals surface area contributed by atoms with Gasteiger partial charge in [-0.25, -0.2) is 0 Å². The molecule has 5 rings (SSSR count). The van der Waals surface area contributed by atoms with Crippen molar-refractivity contribution in [1.29, 1.82) is 0 Å². The third-order valence-corrected chi connectivity index (χ3v) is 13.5. The fourth-order valence-electron chi connectivity index (χ4n) is 9.89. The topological polar surface area (TPSA) is 125 Å². The average Bonchev–Trinajstić information content (AvgIpc) is 3.32. The van der Waals surface area contributed by atoms with Crippen LogP contribution < -0.4 is 5.73 Å². The molecule has 0 bridgehead atoms. The van der Waals surface area contributed by atoms with E-state index < -0.39 is 29.9 Å². The fraction of sp³-hybridized carbons (Fsp3) is 0.939. The van der Waals surface area contributed by atoms with Gasteiger partial charge in [-0.3, -0.25) is 0 Å². The van der Waals surface area contributed by atoms with E-state index in [-0.39, 0.29) is 6.61 Å². The first-order valence-corrected chi connectivity index (χ1v) is 17.6. The van der Waals surface area contributed by atoms with E-state index in [1.807, 2.05) is 0 Å². The molecule has 0 amide bonds. The van der Waals surface area contributed by atoms with Crippen molar-refractivity contribution in [2.24, 2.45) is 40.2 Å². The van der Waals surface area contributed by atoms with Crippen LogP contribution in [0.5, 0.6) is 0 Å². The first-order valence-electron chi connectivity index (χ1n) is 16.6. The lowest BCUT2D eigenvalue weighted by molar-refractivity contribution is -0.205. The Morgan fingerprint density at radius 2 is 1.78 bits per heavy atom. The molecule has 3 saturated carbocycles. The summed E-state index contributed by atoms with van der Waals surface area (Å²) in [5.74, 6) is 4.00. The molecule has 0 aromatic heterocycles. The van der Waals surface area contributed by atoms with Gasteiger partial charge in [-0.2, -0.15) is 0 Å². The lowest BCUT2D eigenvalue weighted by Crippen LogP contribution is -2.57. The maximum atomic E-state index is 10.2. The van der Waals surface area contributed by atoms with Gasteiger partial charge in [0.05, 0.1) is 12.7 Å². The molecule has 1 saturated heterocycles. The first-order chi connectivity index (χ1) is 19.6. The number of allylic oxidation sites excluding steroid dienone is 1. The van der Waals surface area contributed by atoms with Gasteiger partial charge in [0.25, 0.3) is 0 Å². The van der Waals surface area contributed by atoms with Gasteiger partial charge < -0.3 is 35.6 Å². The zero-order chi connectivity index (χ0) is 29.4. The highest BCUT2D eigenvalue weighted by molar-refractivity contribution is 7.99. The van der Waals surface area contributed by atoms with Gasteiger partial charge in [-0.05, 0) is 111 Å². The van der Waals surface area contributed by atoms with E-state index in [1.54, 1.807) is 5.57 Å². The molecule has 1 aliphatic heterocycles. The largest absolute Gasteiger partial charge is 0.394 e. The van der Waals surface area contributed by atoms with E-state index >= 15 is 0 Å². The summed E-state index contributed by atoms with van der Waals surface area (Å²) in [6.45, 7) is 7.82. The summed E-state index contributed by atoms with van der Waals surface area (Å²) in [5, 5.41) is 39.4. The highest BCUT2D eigenvalue weighted by atomic mass is 32.2. The van der Waals surface area contributed by atoms with E-state index in [2.05, 4.69) is 26.8 Å². The van der Waals surface area contributed by atoms with E-state index in [0.29, 0.717) is 28.9 Å². The lowest BCUT2D eigenvalue weighted by atomic mass is 9.47. The Kier molecular flexibility index (Phi) is 10.6. The van der Waals surface area contributed by atoms with E-state index in [0.717, 1.165) is 62.2 Å². The minimum atomic E-state index is -1.29. The van der Waals surface area contributed by atoms with Gasteiger partial charge in [0.1, 0.15) is 29.9 Å². The molecule has 41 heavy (non-hydrogen) atoms. The van der Waals surface area contributed by atoms with Gasteiger partial charge in [-0.15, -0.1) is 11.8 Å². The van der Waals surface area contributed by atoms with E-state index in [9.17, 15) is 20.4 Å². The van der Waals surface area contributed by atoms with Crippen LogP contribution in [0.15, 0.2) is 11.6 Å². The second kappa shape index (κ2) is 13.4. The van der Waals surface area contributed by atoms with Crippen molar-refractivity contribution in [2.75, 3.05) is 19.0 Å². The van der Waals surface area contributed by atoms with Gasteiger partial charge >= 0.3 is 0 Å². The van der Waals surface area contributed by atoms with E-state index in [1.165, 1.54) is 56.7 Å². The predicted molar refractivity (Wildman–Crippen MR) is 163 cm³/mol. The summed E-state index contributed by atoms with van der Waals surface area (Å²) in [5.41, 5.74) is 8.33. The third-order valence-electron chi connectivity index (χ3n) is 12.3. The Hall–Kier alpha value is -0.190. The van der Waals surface area contributed by atoms with Crippen molar-refractivity contribution in [1.82, 2.24) is 0 Å². The normalized spacial score (nSPS) is 46.8. The van der Waals surface area contributed by atoms with Crippen molar-refractivity contribution in [3.05, 3.63) is 11.6 Å². The second-order valence-electron chi connectivity index (χ2n) is 14.6. The summed E-state index contributed by atoms with van der Waals surface area (Å²) >= 11 is 1.44. The van der Waals surface area contributed by atoms with Crippen LogP contribution >= 0.6 is 11.8 Å². The number of unbranched alkanes of at least 4 members (excludes halogenated alkanes) is 3. The molecule has 1 heterocycles. The number of aliphatic hydroxyl groups is 4. The summed E-state index contributed by atoms with van der Waals surface area (Å²) in [4.78, 5) is 0. The predicted octanol–water partition coefficient (Wildman–Crippen LogP) is 4.39. The van der Waals surface area contributed by atoms with Crippen molar-refractivity contribution in [3.63, 3.8) is 0 Å². The van der Waals surface area contributed by atoms with Gasteiger partial charge in [-0.1, -0.05) is 38.3 Å². The number of thioether (sulfide) groups is 1. The third kappa shape index (κ3) is 6.33. The second-order valence-corrected chi connectivity index (χ2v) is 15.8. The maximum absolute atomic E-state index is 10.2. The lowest BCUT2D eigenvalue weighted by Gasteiger charge is -2.58. The molecule has 0 spiro atoms. The van der Waals surface area contributed by atoms with Crippen LogP contribution in [0.2, 0.25) is 0 Å².